The number of benzene rings is 2. The molecule has 0 radical (unpaired) electrons. The van der Waals surface area contributed by atoms with Crippen LogP contribution in [0.1, 0.15) is 25.7 Å². The monoisotopic (exact) mass is 502 g/mol. The molecule has 4 rings (SSSR count). The Morgan fingerprint density at radius 2 is 1.72 bits per heavy atom. The summed E-state index contributed by atoms with van der Waals surface area (Å²) in [6, 6.07) is 16.2. The lowest BCUT2D eigenvalue weighted by atomic mass is 9.93. The minimum atomic E-state index is -4.84. The zero-order chi connectivity index (χ0) is 25.5. The van der Waals surface area contributed by atoms with Crippen LogP contribution in [0, 0.1) is 0 Å². The first-order valence-electron chi connectivity index (χ1n) is 11.4. The van der Waals surface area contributed by atoms with Crippen molar-refractivity contribution in [1.82, 2.24) is 15.5 Å². The van der Waals surface area contributed by atoms with Crippen LogP contribution in [-0.2, 0) is 0 Å². The summed E-state index contributed by atoms with van der Waals surface area (Å²) < 4.78 is 52.5. The van der Waals surface area contributed by atoms with Crippen molar-refractivity contribution in [3.63, 3.8) is 0 Å². The van der Waals surface area contributed by atoms with Crippen molar-refractivity contribution in [1.29, 1.82) is 0 Å². The lowest BCUT2D eigenvalue weighted by Crippen LogP contribution is -2.41. The van der Waals surface area contributed by atoms with Gasteiger partial charge in [-0.25, -0.2) is 4.79 Å². The number of nitrogens with zero attached hydrogens (tertiary/aromatic N) is 2. The Morgan fingerprint density at radius 1 is 0.972 bits per heavy atom. The molecule has 0 atom stereocenters. The van der Waals surface area contributed by atoms with Crippen molar-refractivity contribution in [3.05, 3.63) is 60.7 Å². The van der Waals surface area contributed by atoms with Crippen molar-refractivity contribution in [2.45, 2.75) is 44.2 Å². The van der Waals surface area contributed by atoms with Crippen molar-refractivity contribution in [3.8, 4) is 28.6 Å². The minimum Gasteiger partial charge on any atom is -0.495 e. The summed E-state index contributed by atoms with van der Waals surface area (Å²) >= 11 is 0. The highest BCUT2D eigenvalue weighted by atomic mass is 19.4. The SMILES string of the molecule is COc1ccc(OC(F)(F)F)cc1NC(=O)N[C@H]1CC[C@H](Oc2ccc(-c3ccccc3)nn2)CC1. The van der Waals surface area contributed by atoms with Gasteiger partial charge in [0.1, 0.15) is 17.6 Å². The number of amides is 2. The molecule has 1 heterocycles. The number of nitrogens with one attached hydrogen (secondary N) is 2. The maximum Gasteiger partial charge on any atom is 0.573 e. The summed E-state index contributed by atoms with van der Waals surface area (Å²) in [5.74, 6) is 0.184. The second-order valence-corrected chi connectivity index (χ2v) is 8.22. The molecule has 2 amide bonds. The van der Waals surface area contributed by atoms with Crippen LogP contribution in [-0.4, -0.2) is 41.8 Å². The van der Waals surface area contributed by atoms with E-state index in [0.717, 1.165) is 23.4 Å². The number of alkyl halides is 3. The van der Waals surface area contributed by atoms with Crippen LogP contribution >= 0.6 is 0 Å². The first-order valence-corrected chi connectivity index (χ1v) is 11.4. The van der Waals surface area contributed by atoms with E-state index < -0.39 is 18.1 Å². The second-order valence-electron chi connectivity index (χ2n) is 8.22. The number of rotatable bonds is 7. The topological polar surface area (TPSA) is 94.6 Å². The molecule has 8 nitrogen and oxygen atoms in total. The van der Waals surface area contributed by atoms with Crippen molar-refractivity contribution < 1.29 is 32.2 Å². The lowest BCUT2D eigenvalue weighted by molar-refractivity contribution is -0.274. The summed E-state index contributed by atoms with van der Waals surface area (Å²) in [5, 5.41) is 13.8. The predicted octanol–water partition coefficient (Wildman–Crippen LogP) is 5.56. The van der Waals surface area contributed by atoms with Gasteiger partial charge in [-0.3, -0.25) is 0 Å². The molecule has 0 aliphatic heterocycles. The number of ether oxygens (including phenoxy) is 3. The minimum absolute atomic E-state index is 0.0562. The normalized spacial score (nSPS) is 17.7. The Morgan fingerprint density at radius 3 is 2.36 bits per heavy atom. The van der Waals surface area contributed by atoms with E-state index >= 15 is 0 Å². The number of methoxy groups -OCH3 is 1. The summed E-state index contributed by atoms with van der Waals surface area (Å²) in [6.07, 6.45) is -2.16. The van der Waals surface area contributed by atoms with Crippen LogP contribution in [0.5, 0.6) is 17.4 Å². The van der Waals surface area contributed by atoms with E-state index in [0.29, 0.717) is 31.6 Å². The average Bonchev–Trinajstić information content (AvgIpc) is 2.85. The Labute approximate surface area is 205 Å². The maximum atomic E-state index is 12.5. The van der Waals surface area contributed by atoms with E-state index in [-0.39, 0.29) is 23.6 Å². The molecule has 3 aromatic rings. The van der Waals surface area contributed by atoms with Crippen molar-refractivity contribution >= 4 is 11.7 Å². The maximum absolute atomic E-state index is 12.5. The molecule has 2 N–H and O–H groups in total. The van der Waals surface area contributed by atoms with Crippen LogP contribution in [0.25, 0.3) is 11.3 Å². The van der Waals surface area contributed by atoms with Gasteiger partial charge in [0.2, 0.25) is 5.88 Å². The smallest absolute Gasteiger partial charge is 0.495 e. The standard InChI is InChI=1S/C25H25F3N4O4/c1-34-22-13-11-19(36-25(26,27)28)15-21(22)30-24(33)29-17-7-9-18(10-8-17)35-23-14-12-20(31-32-23)16-5-3-2-4-6-16/h2-6,11-15,17-18H,7-10H2,1H3,(H2,29,30,33)/t17-,18-. The first kappa shape index (κ1) is 25.1. The van der Waals surface area contributed by atoms with Crippen LogP contribution in [0.2, 0.25) is 0 Å². The first-order chi connectivity index (χ1) is 17.3. The van der Waals surface area contributed by atoms with E-state index in [9.17, 15) is 18.0 Å². The van der Waals surface area contributed by atoms with Crippen molar-refractivity contribution in [2.75, 3.05) is 12.4 Å². The van der Waals surface area contributed by atoms with Gasteiger partial charge in [0.15, 0.2) is 0 Å². The third kappa shape index (κ3) is 7.00. The molecule has 0 spiro atoms. The van der Waals surface area contributed by atoms with E-state index in [1.54, 1.807) is 6.07 Å². The molecule has 1 aliphatic carbocycles. The fourth-order valence-electron chi connectivity index (χ4n) is 3.97. The Kier molecular flexibility index (Phi) is 7.77. The molecule has 0 unspecified atom stereocenters. The van der Waals surface area contributed by atoms with Crippen molar-refractivity contribution in [2.24, 2.45) is 0 Å². The molecule has 0 saturated heterocycles. The zero-order valence-electron chi connectivity index (χ0n) is 19.4. The lowest BCUT2D eigenvalue weighted by Gasteiger charge is -2.29. The van der Waals surface area contributed by atoms with E-state index in [1.165, 1.54) is 13.2 Å². The second kappa shape index (κ2) is 11.1. The molecule has 36 heavy (non-hydrogen) atoms. The highest BCUT2D eigenvalue weighted by molar-refractivity contribution is 5.91. The highest BCUT2D eigenvalue weighted by Gasteiger charge is 2.31. The zero-order valence-corrected chi connectivity index (χ0v) is 19.4. The third-order valence-electron chi connectivity index (χ3n) is 5.66. The number of urea groups is 1. The summed E-state index contributed by atoms with van der Waals surface area (Å²) in [7, 11) is 1.35. The van der Waals surface area contributed by atoms with Crippen LogP contribution in [0.3, 0.4) is 0 Å². The fourth-order valence-corrected chi connectivity index (χ4v) is 3.97. The molecule has 190 valence electrons. The molecular weight excluding hydrogens is 477 g/mol. The molecule has 11 heteroatoms. The Bertz CT molecular complexity index is 1150. The van der Waals surface area contributed by atoms with Gasteiger partial charge < -0.3 is 24.8 Å². The van der Waals surface area contributed by atoms with Crippen LogP contribution in [0.4, 0.5) is 23.7 Å². The Hall–Kier alpha value is -4.02. The number of carbonyl (C=O) groups is 1. The number of aromatic nitrogens is 2. The summed E-state index contributed by atoms with van der Waals surface area (Å²) in [4.78, 5) is 12.5. The van der Waals surface area contributed by atoms with E-state index in [2.05, 4.69) is 25.6 Å². The van der Waals surface area contributed by atoms with Gasteiger partial charge in [-0.15, -0.1) is 23.4 Å². The predicted molar refractivity (Wildman–Crippen MR) is 126 cm³/mol. The van der Waals surface area contributed by atoms with Crippen LogP contribution in [0.15, 0.2) is 60.7 Å². The van der Waals surface area contributed by atoms with Crippen LogP contribution < -0.4 is 24.8 Å². The van der Waals surface area contributed by atoms with Gasteiger partial charge in [-0.05, 0) is 43.9 Å². The van der Waals surface area contributed by atoms with E-state index in [4.69, 9.17) is 9.47 Å². The fraction of sp³-hybridized carbons (Fsp3) is 0.320. The molecule has 1 saturated carbocycles. The number of anilines is 1. The molecule has 1 aliphatic rings. The summed E-state index contributed by atoms with van der Waals surface area (Å²) in [6.45, 7) is 0. The number of carbonyl (C=O) groups excluding carboxylic acids is 1. The molecule has 1 aromatic heterocycles. The van der Waals surface area contributed by atoms with Gasteiger partial charge in [-0.1, -0.05) is 30.3 Å². The Balaban J connectivity index is 1.26. The quantitative estimate of drug-likeness (QED) is 0.439. The number of hydrogen-bond acceptors (Lipinski definition) is 6. The third-order valence-corrected chi connectivity index (χ3v) is 5.66. The molecule has 2 aromatic carbocycles. The molecular formula is C25H25F3N4O4. The van der Waals surface area contributed by atoms with Gasteiger partial charge >= 0.3 is 12.4 Å². The van der Waals surface area contributed by atoms with Gasteiger partial charge in [-0.2, -0.15) is 0 Å². The number of hydrogen-bond donors (Lipinski definition) is 2. The number of halogens is 3. The van der Waals surface area contributed by atoms with E-state index in [1.807, 2.05) is 36.4 Å². The highest BCUT2D eigenvalue weighted by Crippen LogP contribution is 2.32. The molecule has 0 bridgehead atoms. The average molecular weight is 502 g/mol. The van der Waals surface area contributed by atoms with Gasteiger partial charge in [0.05, 0.1) is 18.5 Å². The summed E-state index contributed by atoms with van der Waals surface area (Å²) in [5.41, 5.74) is 1.79. The molecule has 1 fully saturated rings. The largest absolute Gasteiger partial charge is 0.573 e. The van der Waals surface area contributed by atoms with Gasteiger partial charge in [0.25, 0.3) is 0 Å². The van der Waals surface area contributed by atoms with Gasteiger partial charge in [0, 0.05) is 23.7 Å².